The fourth-order valence-corrected chi connectivity index (χ4v) is 3.42. The minimum Gasteiger partial charge on any atom is -0.325 e. The molecule has 3 nitrogen and oxygen atoms in total. The molecule has 116 valence electrons. The van der Waals surface area contributed by atoms with Gasteiger partial charge in [-0.2, -0.15) is 0 Å². The molecule has 0 radical (unpaired) electrons. The number of nitrogens with zero attached hydrogens (tertiary/aromatic N) is 1. The van der Waals surface area contributed by atoms with Gasteiger partial charge in [0.1, 0.15) is 0 Å². The highest BCUT2D eigenvalue weighted by Gasteiger charge is 2.09. The quantitative estimate of drug-likeness (QED) is 0.642. The van der Waals surface area contributed by atoms with E-state index in [0.29, 0.717) is 10.0 Å². The van der Waals surface area contributed by atoms with Gasteiger partial charge in [0, 0.05) is 21.5 Å². The number of fused-ring (bicyclic) bond motifs is 1. The predicted molar refractivity (Wildman–Crippen MR) is 97.6 cm³/mol. The van der Waals surface area contributed by atoms with Crippen LogP contribution in [-0.4, -0.2) is 16.6 Å². The third-order valence-electron chi connectivity index (χ3n) is 3.17. The number of benzene rings is 2. The number of pyridine rings is 1. The van der Waals surface area contributed by atoms with Gasteiger partial charge in [-0.25, -0.2) is 0 Å². The Hall–Kier alpha value is -1.75. The molecule has 3 aromatic rings. The average Bonchev–Trinajstić information content (AvgIpc) is 2.56. The molecule has 0 saturated carbocycles. The maximum absolute atomic E-state index is 12.2. The van der Waals surface area contributed by atoms with Crippen molar-refractivity contribution in [2.45, 2.75) is 4.90 Å². The van der Waals surface area contributed by atoms with Crippen LogP contribution >= 0.6 is 35.0 Å². The lowest BCUT2D eigenvalue weighted by molar-refractivity contribution is -0.113. The van der Waals surface area contributed by atoms with Crippen molar-refractivity contribution in [1.82, 2.24) is 4.98 Å². The second kappa shape index (κ2) is 7.21. The van der Waals surface area contributed by atoms with Crippen LogP contribution in [0.15, 0.2) is 59.6 Å². The van der Waals surface area contributed by atoms with Crippen molar-refractivity contribution in [3.63, 3.8) is 0 Å². The van der Waals surface area contributed by atoms with E-state index in [1.54, 1.807) is 24.4 Å². The highest BCUT2D eigenvalue weighted by Crippen LogP contribution is 2.30. The largest absolute Gasteiger partial charge is 0.325 e. The van der Waals surface area contributed by atoms with Crippen molar-refractivity contribution in [3.05, 3.63) is 64.8 Å². The van der Waals surface area contributed by atoms with E-state index in [1.807, 2.05) is 30.3 Å². The summed E-state index contributed by atoms with van der Waals surface area (Å²) in [6.45, 7) is 0. The molecule has 0 fully saturated rings. The average molecular weight is 363 g/mol. The van der Waals surface area contributed by atoms with Crippen LogP contribution in [0.5, 0.6) is 0 Å². The maximum Gasteiger partial charge on any atom is 0.234 e. The van der Waals surface area contributed by atoms with Crippen molar-refractivity contribution in [2.24, 2.45) is 0 Å². The summed E-state index contributed by atoms with van der Waals surface area (Å²) >= 11 is 13.4. The smallest absolute Gasteiger partial charge is 0.234 e. The molecule has 6 heteroatoms. The van der Waals surface area contributed by atoms with Gasteiger partial charge in [0.05, 0.1) is 22.0 Å². The summed E-state index contributed by atoms with van der Waals surface area (Å²) in [6, 6.07) is 14.6. The van der Waals surface area contributed by atoms with Crippen LogP contribution in [0.25, 0.3) is 10.9 Å². The summed E-state index contributed by atoms with van der Waals surface area (Å²) in [4.78, 5) is 17.3. The Morgan fingerprint density at radius 1 is 1.13 bits per heavy atom. The van der Waals surface area contributed by atoms with Crippen molar-refractivity contribution in [3.8, 4) is 0 Å². The van der Waals surface area contributed by atoms with Crippen molar-refractivity contribution in [1.29, 1.82) is 0 Å². The predicted octanol–water partition coefficient (Wildman–Crippen LogP) is 5.27. The van der Waals surface area contributed by atoms with Gasteiger partial charge in [0.2, 0.25) is 5.91 Å². The first kappa shape index (κ1) is 16.1. The molecule has 1 heterocycles. The number of aromatic nitrogens is 1. The maximum atomic E-state index is 12.2. The Labute approximate surface area is 148 Å². The van der Waals surface area contributed by atoms with Crippen molar-refractivity contribution >= 4 is 57.5 Å². The molecule has 0 aliphatic rings. The Morgan fingerprint density at radius 2 is 2.00 bits per heavy atom. The van der Waals surface area contributed by atoms with Crippen LogP contribution in [0.1, 0.15) is 0 Å². The minimum absolute atomic E-state index is 0.109. The molecule has 0 saturated heterocycles. The minimum atomic E-state index is -0.109. The highest BCUT2D eigenvalue weighted by atomic mass is 35.5. The fourth-order valence-electron chi connectivity index (χ4n) is 2.13. The van der Waals surface area contributed by atoms with Crippen LogP contribution < -0.4 is 5.32 Å². The van der Waals surface area contributed by atoms with Crippen LogP contribution in [0.2, 0.25) is 10.0 Å². The van der Waals surface area contributed by atoms with Gasteiger partial charge in [-0.15, -0.1) is 11.8 Å². The lowest BCUT2D eigenvalue weighted by atomic mass is 10.2. The summed E-state index contributed by atoms with van der Waals surface area (Å²) in [6.07, 6.45) is 1.73. The number of anilines is 1. The number of hydrogen-bond donors (Lipinski definition) is 1. The van der Waals surface area contributed by atoms with Crippen LogP contribution in [0.4, 0.5) is 5.69 Å². The monoisotopic (exact) mass is 362 g/mol. The second-order valence-electron chi connectivity index (χ2n) is 4.79. The number of carbonyl (C=O) groups is 1. The Kier molecular flexibility index (Phi) is 5.06. The van der Waals surface area contributed by atoms with Gasteiger partial charge in [0.25, 0.3) is 0 Å². The third-order valence-corrected chi connectivity index (χ3v) is 4.90. The number of carbonyl (C=O) groups excluding carboxylic acids is 1. The van der Waals surface area contributed by atoms with Crippen LogP contribution in [0, 0.1) is 0 Å². The number of halogens is 2. The second-order valence-corrected chi connectivity index (χ2v) is 6.65. The Bertz CT molecular complexity index is 865. The van der Waals surface area contributed by atoms with E-state index in [9.17, 15) is 4.79 Å². The highest BCUT2D eigenvalue weighted by molar-refractivity contribution is 8.00. The number of thioether (sulfide) groups is 1. The molecule has 0 aliphatic heterocycles. The zero-order chi connectivity index (χ0) is 16.2. The molecule has 0 bridgehead atoms. The van der Waals surface area contributed by atoms with Gasteiger partial charge in [-0.3, -0.25) is 9.78 Å². The Morgan fingerprint density at radius 3 is 2.87 bits per heavy atom. The normalized spacial score (nSPS) is 10.7. The van der Waals surface area contributed by atoms with Gasteiger partial charge >= 0.3 is 0 Å². The molecule has 23 heavy (non-hydrogen) atoms. The summed E-state index contributed by atoms with van der Waals surface area (Å²) in [5.41, 5.74) is 1.59. The molecular formula is C17H12Cl2N2OS. The molecule has 0 spiro atoms. The van der Waals surface area contributed by atoms with Gasteiger partial charge in [-0.05, 0) is 42.5 Å². The van der Waals surface area contributed by atoms with Crippen LogP contribution in [-0.2, 0) is 4.79 Å². The zero-order valence-corrected chi connectivity index (χ0v) is 14.3. The summed E-state index contributed by atoms with van der Waals surface area (Å²) in [5, 5.41) is 5.00. The molecule has 1 amide bonds. The molecule has 2 aromatic carbocycles. The molecular weight excluding hydrogens is 351 g/mol. The zero-order valence-electron chi connectivity index (χ0n) is 11.9. The van der Waals surface area contributed by atoms with E-state index in [0.717, 1.165) is 21.5 Å². The van der Waals surface area contributed by atoms with Crippen molar-refractivity contribution in [2.75, 3.05) is 11.1 Å². The van der Waals surface area contributed by atoms with Gasteiger partial charge in [-0.1, -0.05) is 29.3 Å². The first-order valence-corrected chi connectivity index (χ1v) is 8.59. The molecule has 3 rings (SSSR count). The van der Waals surface area contributed by atoms with Gasteiger partial charge < -0.3 is 5.32 Å². The molecule has 1 N–H and O–H groups in total. The van der Waals surface area contributed by atoms with E-state index in [2.05, 4.69) is 10.3 Å². The first-order valence-electron chi connectivity index (χ1n) is 6.85. The van der Waals surface area contributed by atoms with Crippen molar-refractivity contribution < 1.29 is 4.79 Å². The fraction of sp³-hybridized carbons (Fsp3) is 0.0588. The first-order chi connectivity index (χ1) is 11.1. The Balaban J connectivity index is 1.70. The molecule has 0 unspecified atom stereocenters. The topological polar surface area (TPSA) is 42.0 Å². The molecule has 0 atom stereocenters. The van der Waals surface area contributed by atoms with E-state index < -0.39 is 0 Å². The summed E-state index contributed by atoms with van der Waals surface area (Å²) in [5.74, 6) is 0.138. The lowest BCUT2D eigenvalue weighted by Crippen LogP contribution is -2.14. The number of nitrogens with one attached hydrogen (secondary N) is 1. The van der Waals surface area contributed by atoms with E-state index in [4.69, 9.17) is 23.2 Å². The lowest BCUT2D eigenvalue weighted by Gasteiger charge is -2.09. The van der Waals surface area contributed by atoms with Crippen LogP contribution in [0.3, 0.4) is 0 Å². The van der Waals surface area contributed by atoms with E-state index in [1.165, 1.54) is 11.8 Å². The van der Waals surface area contributed by atoms with Gasteiger partial charge in [0.15, 0.2) is 0 Å². The molecule has 1 aromatic heterocycles. The standard InChI is InChI=1S/C17H12Cl2N2OS/c18-11-6-7-13(19)16(9-11)23-10-17(22)21-15-5-1-4-14-12(15)3-2-8-20-14/h1-9H,10H2,(H,21,22). The van der Waals surface area contributed by atoms with E-state index >= 15 is 0 Å². The molecule has 0 aliphatic carbocycles. The number of amides is 1. The number of hydrogen-bond acceptors (Lipinski definition) is 3. The number of rotatable bonds is 4. The SMILES string of the molecule is O=C(CSc1cc(Cl)ccc1Cl)Nc1cccc2ncccc12. The third kappa shape index (κ3) is 3.96. The van der Waals surface area contributed by atoms with E-state index in [-0.39, 0.29) is 11.7 Å². The summed E-state index contributed by atoms with van der Waals surface area (Å²) < 4.78 is 0. The summed E-state index contributed by atoms with van der Waals surface area (Å²) in [7, 11) is 0.